The normalized spacial score (nSPS) is 14.3. The van der Waals surface area contributed by atoms with Gasteiger partial charge < -0.3 is 19.8 Å². The van der Waals surface area contributed by atoms with Crippen LogP contribution in [0.25, 0.3) is 0 Å². The minimum atomic E-state index is -1.26. The van der Waals surface area contributed by atoms with Crippen molar-refractivity contribution in [1.82, 2.24) is 9.80 Å². The summed E-state index contributed by atoms with van der Waals surface area (Å²) in [4.78, 5) is 35.3. The Morgan fingerprint density at radius 2 is 1.35 bits per heavy atom. The van der Waals surface area contributed by atoms with Crippen LogP contribution in [0.4, 0.5) is 0 Å². The molecule has 8 nitrogen and oxygen atoms in total. The molecule has 1 heterocycles. The number of carboxylic acid groups (broad SMARTS) is 2. The zero-order valence-corrected chi connectivity index (χ0v) is 19.4. The lowest BCUT2D eigenvalue weighted by Crippen LogP contribution is -2.46. The number of nitrogens with zero attached hydrogens (tertiary/aromatic N) is 2. The van der Waals surface area contributed by atoms with E-state index in [1.165, 1.54) is 23.8 Å². The van der Waals surface area contributed by atoms with Gasteiger partial charge in [0.25, 0.3) is 0 Å². The van der Waals surface area contributed by atoms with Crippen molar-refractivity contribution in [2.24, 2.45) is 0 Å². The van der Waals surface area contributed by atoms with E-state index in [0.29, 0.717) is 18.6 Å². The largest absolute Gasteiger partial charge is 0.478 e. The van der Waals surface area contributed by atoms with E-state index in [4.69, 9.17) is 14.9 Å². The van der Waals surface area contributed by atoms with Crippen molar-refractivity contribution in [2.75, 3.05) is 39.8 Å². The third-order valence-electron chi connectivity index (χ3n) is 5.44. The number of hydrogen-bond donors (Lipinski definition) is 2. The molecule has 1 fully saturated rings. The zero-order valence-electron chi connectivity index (χ0n) is 19.4. The fourth-order valence-electron chi connectivity index (χ4n) is 3.61. The number of aliphatic carboxylic acids is 2. The maximum Gasteiger partial charge on any atom is 0.328 e. The van der Waals surface area contributed by atoms with Crippen LogP contribution in [-0.2, 0) is 32.1 Å². The molecule has 0 saturated carbocycles. The summed E-state index contributed by atoms with van der Waals surface area (Å²) in [6.45, 7) is 5.90. The predicted molar refractivity (Wildman–Crippen MR) is 128 cm³/mol. The number of carbonyl (C=O) groups is 3. The van der Waals surface area contributed by atoms with Gasteiger partial charge in [0.2, 0.25) is 0 Å². The van der Waals surface area contributed by atoms with Crippen molar-refractivity contribution >= 4 is 17.9 Å². The number of piperazine rings is 1. The van der Waals surface area contributed by atoms with Gasteiger partial charge in [-0.2, -0.15) is 0 Å². The third kappa shape index (κ3) is 10.4. The molecule has 1 saturated heterocycles. The summed E-state index contributed by atoms with van der Waals surface area (Å²) in [5, 5.41) is 15.6. The van der Waals surface area contributed by atoms with Crippen molar-refractivity contribution in [1.29, 1.82) is 0 Å². The Morgan fingerprint density at radius 3 is 1.91 bits per heavy atom. The standard InChI is InChI=1S/C22H28N2O2.C4H4O4/c1-26-22(25)11-12-23-13-15-24(16-14-23)18-21-10-6-5-9-20(21)17-19-7-3-2-4-8-19;5-3(6)1-2-4(7)8/h2-10H,11-18H2,1H3;1-2H,(H,5,6)(H,7,8)/b;2-1+. The molecule has 1 aliphatic rings. The molecule has 2 N–H and O–H groups in total. The van der Waals surface area contributed by atoms with Crippen molar-refractivity contribution in [3.63, 3.8) is 0 Å². The topological polar surface area (TPSA) is 107 Å². The minimum absolute atomic E-state index is 0.123. The van der Waals surface area contributed by atoms with Gasteiger partial charge in [-0.15, -0.1) is 0 Å². The summed E-state index contributed by atoms with van der Waals surface area (Å²) in [6, 6.07) is 19.4. The van der Waals surface area contributed by atoms with Gasteiger partial charge in [0.05, 0.1) is 13.5 Å². The second-order valence-electron chi connectivity index (χ2n) is 7.88. The minimum Gasteiger partial charge on any atom is -0.478 e. The van der Waals surface area contributed by atoms with E-state index in [0.717, 1.165) is 45.7 Å². The van der Waals surface area contributed by atoms with Crippen LogP contribution in [0.3, 0.4) is 0 Å². The van der Waals surface area contributed by atoms with Gasteiger partial charge in [0.15, 0.2) is 0 Å². The number of hydrogen-bond acceptors (Lipinski definition) is 6. The van der Waals surface area contributed by atoms with E-state index in [1.807, 2.05) is 0 Å². The first-order valence-corrected chi connectivity index (χ1v) is 11.1. The number of rotatable bonds is 9. The Bertz CT molecular complexity index is 937. The summed E-state index contributed by atoms with van der Waals surface area (Å²) in [7, 11) is 1.45. The second kappa shape index (κ2) is 14.6. The molecule has 182 valence electrons. The lowest BCUT2D eigenvalue weighted by Gasteiger charge is -2.34. The summed E-state index contributed by atoms with van der Waals surface area (Å²) < 4.78 is 4.73. The summed E-state index contributed by atoms with van der Waals surface area (Å²) in [6.07, 6.45) is 2.58. The van der Waals surface area contributed by atoms with Gasteiger partial charge in [-0.05, 0) is 23.1 Å². The quantitative estimate of drug-likeness (QED) is 0.427. The van der Waals surface area contributed by atoms with Crippen LogP contribution in [0.15, 0.2) is 66.7 Å². The Kier molecular flexibility index (Phi) is 11.5. The second-order valence-corrected chi connectivity index (χ2v) is 7.88. The van der Waals surface area contributed by atoms with Crippen LogP contribution in [0, 0.1) is 0 Å². The Morgan fingerprint density at radius 1 is 0.824 bits per heavy atom. The van der Waals surface area contributed by atoms with Crippen LogP contribution in [-0.4, -0.2) is 77.8 Å². The first kappa shape index (κ1) is 26.8. The molecule has 8 heteroatoms. The highest BCUT2D eigenvalue weighted by Gasteiger charge is 2.18. The van der Waals surface area contributed by atoms with Gasteiger partial charge in [-0.1, -0.05) is 54.6 Å². The average molecular weight is 469 g/mol. The van der Waals surface area contributed by atoms with Crippen LogP contribution in [0.2, 0.25) is 0 Å². The SMILES string of the molecule is COC(=O)CCN1CCN(Cc2ccccc2Cc2ccccc2)CC1.O=C(O)/C=C/C(=O)O. The molecule has 34 heavy (non-hydrogen) atoms. The van der Waals surface area contributed by atoms with Crippen molar-refractivity contribution in [3.05, 3.63) is 83.4 Å². The third-order valence-corrected chi connectivity index (χ3v) is 5.44. The van der Waals surface area contributed by atoms with E-state index in [1.54, 1.807) is 0 Å². The molecule has 1 aliphatic heterocycles. The number of carbonyl (C=O) groups excluding carboxylic acids is 1. The fourth-order valence-corrected chi connectivity index (χ4v) is 3.61. The van der Waals surface area contributed by atoms with Gasteiger partial charge in [0, 0.05) is 51.4 Å². The van der Waals surface area contributed by atoms with Crippen molar-refractivity contribution in [3.8, 4) is 0 Å². The number of benzene rings is 2. The number of methoxy groups -OCH3 is 1. The lowest BCUT2D eigenvalue weighted by molar-refractivity contribution is -0.141. The van der Waals surface area contributed by atoms with Gasteiger partial charge in [-0.3, -0.25) is 9.69 Å². The molecule has 0 spiro atoms. The monoisotopic (exact) mass is 468 g/mol. The number of ether oxygens (including phenoxy) is 1. The van der Waals surface area contributed by atoms with Gasteiger partial charge >= 0.3 is 17.9 Å². The van der Waals surface area contributed by atoms with Crippen LogP contribution >= 0.6 is 0 Å². The maximum absolute atomic E-state index is 11.3. The summed E-state index contributed by atoms with van der Waals surface area (Å²) in [5.74, 6) is -2.64. The smallest absolute Gasteiger partial charge is 0.328 e. The van der Waals surface area contributed by atoms with E-state index in [2.05, 4.69) is 64.4 Å². The number of carboxylic acids is 2. The maximum atomic E-state index is 11.3. The van der Waals surface area contributed by atoms with Crippen molar-refractivity contribution in [2.45, 2.75) is 19.4 Å². The van der Waals surface area contributed by atoms with E-state index in [-0.39, 0.29) is 5.97 Å². The molecule has 3 rings (SSSR count). The Balaban J connectivity index is 0.000000440. The first-order valence-electron chi connectivity index (χ1n) is 11.1. The van der Waals surface area contributed by atoms with Crippen LogP contribution in [0.5, 0.6) is 0 Å². The van der Waals surface area contributed by atoms with Crippen LogP contribution in [0.1, 0.15) is 23.1 Å². The predicted octanol–water partition coefficient (Wildman–Crippen LogP) is 2.67. The molecule has 0 aromatic heterocycles. The van der Waals surface area contributed by atoms with Crippen LogP contribution < -0.4 is 0 Å². The molecule has 0 atom stereocenters. The van der Waals surface area contributed by atoms with Gasteiger partial charge in [0.1, 0.15) is 0 Å². The highest BCUT2D eigenvalue weighted by atomic mass is 16.5. The molecule has 0 amide bonds. The molecule has 0 aliphatic carbocycles. The lowest BCUT2D eigenvalue weighted by atomic mass is 9.99. The first-order chi connectivity index (χ1) is 16.4. The molecule has 2 aromatic rings. The number of esters is 1. The summed E-state index contributed by atoms with van der Waals surface area (Å²) >= 11 is 0. The van der Waals surface area contributed by atoms with E-state index < -0.39 is 11.9 Å². The Hall–Kier alpha value is -3.49. The highest BCUT2D eigenvalue weighted by molar-refractivity contribution is 5.89. The molecule has 0 unspecified atom stereocenters. The highest BCUT2D eigenvalue weighted by Crippen LogP contribution is 2.17. The van der Waals surface area contributed by atoms with E-state index in [9.17, 15) is 14.4 Å². The molecule has 0 bridgehead atoms. The average Bonchev–Trinajstić information content (AvgIpc) is 2.84. The molecular formula is C26H32N2O6. The Labute approximate surface area is 200 Å². The summed E-state index contributed by atoms with van der Waals surface area (Å²) in [5.41, 5.74) is 4.18. The molecule has 0 radical (unpaired) electrons. The van der Waals surface area contributed by atoms with Gasteiger partial charge in [-0.25, -0.2) is 9.59 Å². The van der Waals surface area contributed by atoms with E-state index >= 15 is 0 Å². The molecule has 2 aromatic carbocycles. The van der Waals surface area contributed by atoms with Crippen molar-refractivity contribution < 1.29 is 29.3 Å². The fraction of sp³-hybridized carbons (Fsp3) is 0.346. The zero-order chi connectivity index (χ0) is 24.8. The molecular weight excluding hydrogens is 436 g/mol.